The quantitative estimate of drug-likeness (QED) is 0.732. The first-order chi connectivity index (χ1) is 14.6. The van der Waals surface area contributed by atoms with Gasteiger partial charge in [0.2, 0.25) is 10.0 Å². The van der Waals surface area contributed by atoms with Crippen molar-refractivity contribution in [2.24, 2.45) is 0 Å². The Hall–Kier alpha value is -2.38. The summed E-state index contributed by atoms with van der Waals surface area (Å²) < 4.78 is 33.8. The van der Waals surface area contributed by atoms with Gasteiger partial charge < -0.3 is 9.64 Å². The van der Waals surface area contributed by atoms with Crippen LogP contribution >= 0.6 is 0 Å². The Kier molecular flexibility index (Phi) is 7.06. The predicted octanol–water partition coefficient (Wildman–Crippen LogP) is 3.97. The lowest BCUT2D eigenvalue weighted by Crippen LogP contribution is -2.46. The molecule has 31 heavy (non-hydrogen) atoms. The molecule has 2 aromatic rings. The Morgan fingerprint density at radius 2 is 1.61 bits per heavy atom. The molecule has 1 aliphatic heterocycles. The highest BCUT2D eigenvalue weighted by Crippen LogP contribution is 2.24. The Bertz CT molecular complexity index is 985. The van der Waals surface area contributed by atoms with Crippen LogP contribution in [0.1, 0.15) is 56.5 Å². The fraction of sp³-hybridized carbons (Fsp3) is 0.458. The zero-order valence-electron chi connectivity index (χ0n) is 18.7. The first-order valence-corrected chi connectivity index (χ1v) is 12.2. The van der Waals surface area contributed by atoms with Crippen molar-refractivity contribution in [1.82, 2.24) is 9.62 Å². The van der Waals surface area contributed by atoms with E-state index in [1.807, 2.05) is 19.1 Å². The van der Waals surface area contributed by atoms with Gasteiger partial charge in [-0.05, 0) is 67.1 Å². The van der Waals surface area contributed by atoms with Crippen molar-refractivity contribution in [2.75, 3.05) is 19.7 Å². The number of piperidine rings is 1. The van der Waals surface area contributed by atoms with Gasteiger partial charge in [-0.1, -0.05) is 32.9 Å². The number of carbonyl (C=O) groups is 1. The predicted molar refractivity (Wildman–Crippen MR) is 122 cm³/mol. The third-order valence-electron chi connectivity index (χ3n) is 5.55. The number of carbonyl (C=O) groups excluding carboxylic acids is 1. The molecule has 0 unspecified atom stereocenters. The molecule has 7 heteroatoms. The van der Waals surface area contributed by atoms with Crippen LogP contribution in [0.5, 0.6) is 5.75 Å². The van der Waals surface area contributed by atoms with Crippen molar-refractivity contribution in [1.29, 1.82) is 0 Å². The summed E-state index contributed by atoms with van der Waals surface area (Å²) in [6.45, 7) is 9.81. The maximum absolute atomic E-state index is 12.8. The number of nitrogens with zero attached hydrogens (tertiary/aromatic N) is 1. The SMILES string of the molecule is CCOc1ccc(C(=O)N2CCC(NS(=O)(=O)c3ccc(C(C)(C)C)cc3)CC2)cc1. The van der Waals surface area contributed by atoms with Crippen molar-refractivity contribution in [2.45, 2.75) is 56.9 Å². The van der Waals surface area contributed by atoms with Gasteiger partial charge in [0.25, 0.3) is 5.91 Å². The lowest BCUT2D eigenvalue weighted by Gasteiger charge is -2.32. The van der Waals surface area contributed by atoms with E-state index in [0.29, 0.717) is 38.1 Å². The standard InChI is InChI=1S/C24H32N2O4S/c1-5-30-21-10-6-18(7-11-21)23(27)26-16-14-20(15-17-26)25-31(28,29)22-12-8-19(9-13-22)24(2,3)4/h6-13,20,25H,5,14-17H2,1-4H3. The maximum atomic E-state index is 12.8. The average molecular weight is 445 g/mol. The van der Waals surface area contributed by atoms with Gasteiger partial charge in [-0.2, -0.15) is 0 Å². The Balaban J connectivity index is 1.57. The third kappa shape index (κ3) is 5.86. The lowest BCUT2D eigenvalue weighted by atomic mass is 9.87. The van der Waals surface area contributed by atoms with E-state index >= 15 is 0 Å². The molecule has 3 rings (SSSR count). The number of amides is 1. The minimum Gasteiger partial charge on any atom is -0.494 e. The molecule has 0 radical (unpaired) electrons. The summed E-state index contributed by atoms with van der Waals surface area (Å²) in [6.07, 6.45) is 1.17. The summed E-state index contributed by atoms with van der Waals surface area (Å²) in [5, 5.41) is 0. The van der Waals surface area contributed by atoms with Crippen LogP contribution < -0.4 is 9.46 Å². The number of rotatable bonds is 6. The van der Waals surface area contributed by atoms with Gasteiger partial charge in [0.1, 0.15) is 5.75 Å². The number of ether oxygens (including phenoxy) is 1. The molecule has 6 nitrogen and oxygen atoms in total. The largest absolute Gasteiger partial charge is 0.494 e. The average Bonchev–Trinajstić information content (AvgIpc) is 2.74. The molecule has 0 bridgehead atoms. The molecule has 1 aliphatic rings. The van der Waals surface area contributed by atoms with E-state index in [1.54, 1.807) is 41.3 Å². The van der Waals surface area contributed by atoms with E-state index in [1.165, 1.54) is 0 Å². The second-order valence-electron chi connectivity index (χ2n) is 8.92. The van der Waals surface area contributed by atoms with E-state index in [0.717, 1.165) is 11.3 Å². The van der Waals surface area contributed by atoms with Gasteiger partial charge in [0, 0.05) is 24.7 Å². The summed E-state index contributed by atoms with van der Waals surface area (Å²) in [5.41, 5.74) is 1.67. The molecule has 0 atom stereocenters. The zero-order chi connectivity index (χ0) is 22.6. The van der Waals surface area contributed by atoms with Crippen LogP contribution in [-0.4, -0.2) is 45.0 Å². The van der Waals surface area contributed by atoms with Gasteiger partial charge >= 0.3 is 0 Å². The van der Waals surface area contributed by atoms with E-state index in [-0.39, 0.29) is 22.3 Å². The highest BCUT2D eigenvalue weighted by Gasteiger charge is 2.27. The molecule has 0 spiro atoms. The molecule has 1 N–H and O–H groups in total. The maximum Gasteiger partial charge on any atom is 0.253 e. The molecular formula is C24H32N2O4S. The first kappa shape index (κ1) is 23.3. The summed E-state index contributed by atoms with van der Waals surface area (Å²) in [4.78, 5) is 14.8. The molecule has 168 valence electrons. The van der Waals surface area contributed by atoms with Crippen LogP contribution in [0.25, 0.3) is 0 Å². The van der Waals surface area contributed by atoms with Crippen molar-refractivity contribution in [3.05, 3.63) is 59.7 Å². The van der Waals surface area contributed by atoms with Crippen LogP contribution in [0.15, 0.2) is 53.4 Å². The number of sulfonamides is 1. The molecule has 2 aromatic carbocycles. The highest BCUT2D eigenvalue weighted by molar-refractivity contribution is 7.89. The summed E-state index contributed by atoms with van der Waals surface area (Å²) in [7, 11) is -3.59. The summed E-state index contributed by atoms with van der Waals surface area (Å²) >= 11 is 0. The third-order valence-corrected chi connectivity index (χ3v) is 7.08. The van der Waals surface area contributed by atoms with Crippen molar-refractivity contribution < 1.29 is 17.9 Å². The molecule has 1 heterocycles. The topological polar surface area (TPSA) is 75.7 Å². The van der Waals surface area contributed by atoms with Crippen LogP contribution in [0, 0.1) is 0 Å². The monoisotopic (exact) mass is 444 g/mol. The fourth-order valence-electron chi connectivity index (χ4n) is 3.66. The fourth-order valence-corrected chi connectivity index (χ4v) is 4.97. The second-order valence-corrected chi connectivity index (χ2v) is 10.6. The van der Waals surface area contributed by atoms with Crippen molar-refractivity contribution >= 4 is 15.9 Å². The normalized spacial score (nSPS) is 15.7. The smallest absolute Gasteiger partial charge is 0.253 e. The van der Waals surface area contributed by atoms with Crippen molar-refractivity contribution in [3.8, 4) is 5.75 Å². The summed E-state index contributed by atoms with van der Waals surface area (Å²) in [6, 6.07) is 14.0. The van der Waals surface area contributed by atoms with Crippen LogP contribution in [0.2, 0.25) is 0 Å². The molecular weight excluding hydrogens is 412 g/mol. The van der Waals surface area contributed by atoms with E-state index in [2.05, 4.69) is 25.5 Å². The Morgan fingerprint density at radius 3 is 2.13 bits per heavy atom. The van der Waals surface area contributed by atoms with Crippen molar-refractivity contribution in [3.63, 3.8) is 0 Å². The lowest BCUT2D eigenvalue weighted by molar-refractivity contribution is 0.0711. The number of likely N-dealkylation sites (tertiary alicyclic amines) is 1. The molecule has 1 amide bonds. The van der Waals surface area contributed by atoms with Gasteiger partial charge in [-0.3, -0.25) is 4.79 Å². The zero-order valence-corrected chi connectivity index (χ0v) is 19.5. The van der Waals surface area contributed by atoms with E-state index in [9.17, 15) is 13.2 Å². The second kappa shape index (κ2) is 9.40. The van der Waals surface area contributed by atoms with Gasteiger partial charge in [-0.25, -0.2) is 13.1 Å². The number of nitrogens with one attached hydrogen (secondary N) is 1. The minimum atomic E-state index is -3.59. The molecule has 0 aliphatic carbocycles. The minimum absolute atomic E-state index is 0.0293. The summed E-state index contributed by atoms with van der Waals surface area (Å²) in [5.74, 6) is 0.699. The molecule has 1 saturated heterocycles. The van der Waals surface area contributed by atoms with Gasteiger partial charge in [-0.15, -0.1) is 0 Å². The number of hydrogen-bond donors (Lipinski definition) is 1. The number of benzene rings is 2. The first-order valence-electron chi connectivity index (χ1n) is 10.7. The van der Waals surface area contributed by atoms with Gasteiger partial charge in [0.15, 0.2) is 0 Å². The Morgan fingerprint density at radius 1 is 1.03 bits per heavy atom. The number of hydrogen-bond acceptors (Lipinski definition) is 4. The van der Waals surface area contributed by atoms with Crippen LogP contribution in [0.4, 0.5) is 0 Å². The van der Waals surface area contributed by atoms with E-state index in [4.69, 9.17) is 4.74 Å². The van der Waals surface area contributed by atoms with E-state index < -0.39 is 10.0 Å². The Labute approximate surface area is 185 Å². The van der Waals surface area contributed by atoms with Gasteiger partial charge in [0.05, 0.1) is 11.5 Å². The molecule has 0 saturated carbocycles. The van der Waals surface area contributed by atoms with Crippen LogP contribution in [0.3, 0.4) is 0 Å². The highest BCUT2D eigenvalue weighted by atomic mass is 32.2. The molecule has 1 fully saturated rings. The van der Waals surface area contributed by atoms with Crippen LogP contribution in [-0.2, 0) is 15.4 Å². The molecule has 0 aromatic heterocycles.